The lowest BCUT2D eigenvalue weighted by atomic mass is 10.2. The first kappa shape index (κ1) is 25.0. The summed E-state index contributed by atoms with van der Waals surface area (Å²) in [4.78, 5) is 25.5. The van der Waals surface area contributed by atoms with E-state index in [0.717, 1.165) is 12.1 Å². The Balaban J connectivity index is 1.59. The molecule has 0 saturated carbocycles. The summed E-state index contributed by atoms with van der Waals surface area (Å²) in [6.07, 6.45) is -4.49. The Bertz CT molecular complexity index is 1180. The molecule has 0 unspecified atom stereocenters. The summed E-state index contributed by atoms with van der Waals surface area (Å²) < 4.78 is 48.9. The first-order chi connectivity index (χ1) is 16.2. The van der Waals surface area contributed by atoms with E-state index in [1.807, 2.05) is 0 Å². The number of amides is 2. The predicted octanol–water partition coefficient (Wildman–Crippen LogP) is 5.71. The van der Waals surface area contributed by atoms with Gasteiger partial charge in [-0.15, -0.1) is 11.8 Å². The molecular weight excluding hydrogens is 469 g/mol. The van der Waals surface area contributed by atoms with E-state index in [4.69, 9.17) is 9.47 Å². The van der Waals surface area contributed by atoms with Crippen LogP contribution >= 0.6 is 11.8 Å². The zero-order chi connectivity index (χ0) is 24.7. The summed E-state index contributed by atoms with van der Waals surface area (Å²) in [5, 5.41) is 5.24. The van der Waals surface area contributed by atoms with Crippen LogP contribution in [0.15, 0.2) is 71.6 Å². The summed E-state index contributed by atoms with van der Waals surface area (Å²) >= 11 is 1.18. The number of halogens is 3. The van der Waals surface area contributed by atoms with Gasteiger partial charge >= 0.3 is 6.18 Å². The minimum atomic E-state index is -4.49. The van der Waals surface area contributed by atoms with Gasteiger partial charge in [-0.3, -0.25) is 9.59 Å². The van der Waals surface area contributed by atoms with Gasteiger partial charge < -0.3 is 20.1 Å². The molecule has 6 nitrogen and oxygen atoms in total. The lowest BCUT2D eigenvalue weighted by molar-refractivity contribution is -0.137. The number of methoxy groups -OCH3 is 2. The number of thioether (sulfide) groups is 1. The fraction of sp³-hybridized carbons (Fsp3) is 0.167. The van der Waals surface area contributed by atoms with Crippen molar-refractivity contribution in [3.63, 3.8) is 0 Å². The second kappa shape index (κ2) is 11.0. The van der Waals surface area contributed by atoms with Gasteiger partial charge in [0, 0.05) is 21.8 Å². The molecule has 3 aromatic rings. The maximum Gasteiger partial charge on any atom is 0.416 e. The smallest absolute Gasteiger partial charge is 0.416 e. The van der Waals surface area contributed by atoms with Gasteiger partial charge in [0.15, 0.2) is 11.5 Å². The molecule has 0 aliphatic carbocycles. The number of alkyl halides is 3. The molecule has 0 aromatic heterocycles. The number of carbonyl (C=O) groups is 2. The van der Waals surface area contributed by atoms with Gasteiger partial charge in [0.05, 0.1) is 25.5 Å². The van der Waals surface area contributed by atoms with Crippen LogP contribution in [-0.4, -0.2) is 31.8 Å². The topological polar surface area (TPSA) is 76.7 Å². The Labute approximate surface area is 198 Å². The summed E-state index contributed by atoms with van der Waals surface area (Å²) in [5.41, 5.74) is 0.117. The fourth-order valence-electron chi connectivity index (χ4n) is 2.96. The first-order valence-electron chi connectivity index (χ1n) is 9.93. The molecule has 0 aliphatic heterocycles. The molecule has 34 heavy (non-hydrogen) atoms. The van der Waals surface area contributed by atoms with E-state index in [9.17, 15) is 22.8 Å². The van der Waals surface area contributed by atoms with E-state index in [-0.39, 0.29) is 17.3 Å². The largest absolute Gasteiger partial charge is 0.493 e. The highest BCUT2D eigenvalue weighted by Gasteiger charge is 2.30. The van der Waals surface area contributed by atoms with Gasteiger partial charge in [0.1, 0.15) is 0 Å². The van der Waals surface area contributed by atoms with Crippen molar-refractivity contribution < 1.29 is 32.2 Å². The van der Waals surface area contributed by atoms with Crippen LogP contribution in [0, 0.1) is 0 Å². The van der Waals surface area contributed by atoms with Crippen LogP contribution in [-0.2, 0) is 11.0 Å². The lowest BCUT2D eigenvalue weighted by Crippen LogP contribution is -2.15. The molecule has 0 saturated heterocycles. The number of benzene rings is 3. The van der Waals surface area contributed by atoms with Crippen LogP contribution in [0.2, 0.25) is 0 Å². The number of ether oxygens (including phenoxy) is 2. The number of hydrogen-bond donors (Lipinski definition) is 2. The van der Waals surface area contributed by atoms with Crippen molar-refractivity contribution in [2.75, 3.05) is 30.6 Å². The van der Waals surface area contributed by atoms with Gasteiger partial charge in [0.2, 0.25) is 5.91 Å². The van der Waals surface area contributed by atoms with E-state index < -0.39 is 17.6 Å². The SMILES string of the molecule is COc1ccc(C(=O)Nc2cccc(SCC(=O)Nc3cccc(C(F)(F)F)c3)c2)cc1OC. The van der Waals surface area contributed by atoms with Crippen molar-refractivity contribution in [1.29, 1.82) is 0 Å². The van der Waals surface area contributed by atoms with Crippen molar-refractivity contribution in [3.05, 3.63) is 77.9 Å². The van der Waals surface area contributed by atoms with Gasteiger partial charge in [-0.25, -0.2) is 0 Å². The predicted molar refractivity (Wildman–Crippen MR) is 125 cm³/mol. The zero-order valence-electron chi connectivity index (χ0n) is 18.2. The standard InChI is InChI=1S/C24H21F3N2O4S/c1-32-20-10-9-15(11-21(20)33-2)23(31)29-18-7-4-8-19(13-18)34-14-22(30)28-17-6-3-5-16(12-17)24(25,26)27/h3-13H,14H2,1-2H3,(H,28,30)(H,29,31). The summed E-state index contributed by atoms with van der Waals surface area (Å²) in [6, 6.07) is 16.1. The van der Waals surface area contributed by atoms with E-state index in [1.54, 1.807) is 42.5 Å². The minimum absolute atomic E-state index is 0.0245. The summed E-state index contributed by atoms with van der Waals surface area (Å²) in [7, 11) is 2.98. The van der Waals surface area contributed by atoms with Crippen molar-refractivity contribution in [2.24, 2.45) is 0 Å². The second-order valence-corrected chi connectivity index (χ2v) is 8.02. The van der Waals surface area contributed by atoms with E-state index in [1.165, 1.54) is 38.1 Å². The van der Waals surface area contributed by atoms with E-state index >= 15 is 0 Å². The van der Waals surface area contributed by atoms with Crippen LogP contribution in [0.25, 0.3) is 0 Å². The van der Waals surface area contributed by atoms with Crippen molar-refractivity contribution in [1.82, 2.24) is 0 Å². The molecule has 3 aromatic carbocycles. The number of rotatable bonds is 8. The average molecular weight is 491 g/mol. The minimum Gasteiger partial charge on any atom is -0.493 e. The normalized spacial score (nSPS) is 11.0. The molecule has 0 heterocycles. The Morgan fingerprint density at radius 2 is 1.53 bits per heavy atom. The van der Waals surface area contributed by atoms with Crippen molar-refractivity contribution in [2.45, 2.75) is 11.1 Å². The monoisotopic (exact) mass is 490 g/mol. The van der Waals surface area contributed by atoms with Crippen LogP contribution < -0.4 is 20.1 Å². The van der Waals surface area contributed by atoms with E-state index in [0.29, 0.717) is 27.6 Å². The van der Waals surface area contributed by atoms with Gasteiger partial charge in [-0.1, -0.05) is 12.1 Å². The van der Waals surface area contributed by atoms with Crippen LogP contribution in [0.5, 0.6) is 11.5 Å². The highest BCUT2D eigenvalue weighted by atomic mass is 32.2. The Kier molecular flexibility index (Phi) is 8.06. The lowest BCUT2D eigenvalue weighted by Gasteiger charge is -2.11. The molecule has 0 fully saturated rings. The Morgan fingerprint density at radius 1 is 0.853 bits per heavy atom. The van der Waals surface area contributed by atoms with Gasteiger partial charge in [-0.05, 0) is 54.6 Å². The number of nitrogens with one attached hydrogen (secondary N) is 2. The third-order valence-electron chi connectivity index (χ3n) is 4.58. The molecule has 0 radical (unpaired) electrons. The third-order valence-corrected chi connectivity index (χ3v) is 5.58. The molecule has 0 bridgehead atoms. The van der Waals surface area contributed by atoms with Crippen molar-refractivity contribution in [3.8, 4) is 11.5 Å². The van der Waals surface area contributed by atoms with E-state index in [2.05, 4.69) is 10.6 Å². The van der Waals surface area contributed by atoms with Crippen LogP contribution in [0.4, 0.5) is 24.5 Å². The summed E-state index contributed by atoms with van der Waals surface area (Å²) in [5.74, 6) is 0.0881. The molecule has 2 amide bonds. The molecule has 0 aliphatic rings. The highest BCUT2D eigenvalue weighted by Crippen LogP contribution is 2.31. The molecular formula is C24H21F3N2O4S. The third kappa shape index (κ3) is 6.67. The number of carbonyl (C=O) groups excluding carboxylic acids is 2. The maximum atomic E-state index is 12.8. The quantitative estimate of drug-likeness (QED) is 0.396. The Morgan fingerprint density at radius 3 is 2.21 bits per heavy atom. The van der Waals surface area contributed by atoms with Crippen LogP contribution in [0.3, 0.4) is 0 Å². The van der Waals surface area contributed by atoms with Crippen molar-refractivity contribution >= 4 is 35.0 Å². The fourth-order valence-corrected chi connectivity index (χ4v) is 3.72. The number of hydrogen-bond acceptors (Lipinski definition) is 5. The zero-order valence-corrected chi connectivity index (χ0v) is 19.0. The molecule has 3 rings (SSSR count). The highest BCUT2D eigenvalue weighted by molar-refractivity contribution is 8.00. The van der Waals surface area contributed by atoms with Gasteiger partial charge in [-0.2, -0.15) is 13.2 Å². The summed E-state index contributed by atoms with van der Waals surface area (Å²) in [6.45, 7) is 0. The average Bonchev–Trinajstić information content (AvgIpc) is 2.82. The van der Waals surface area contributed by atoms with Crippen LogP contribution in [0.1, 0.15) is 15.9 Å². The molecule has 10 heteroatoms. The van der Waals surface area contributed by atoms with Gasteiger partial charge in [0.25, 0.3) is 5.91 Å². The first-order valence-corrected chi connectivity index (χ1v) is 10.9. The Hall–Kier alpha value is -3.66. The number of anilines is 2. The molecule has 2 N–H and O–H groups in total. The molecule has 0 atom stereocenters. The molecule has 0 spiro atoms. The second-order valence-electron chi connectivity index (χ2n) is 6.97. The molecule has 178 valence electrons. The maximum absolute atomic E-state index is 12.8.